The Morgan fingerprint density at radius 1 is 0.897 bits per heavy atom. The maximum Gasteiger partial charge on any atom is 0.275 e. The Morgan fingerprint density at radius 2 is 1.52 bits per heavy atom. The molecule has 0 aliphatic carbocycles. The number of phenols is 1. The zero-order chi connectivity index (χ0) is 20.4. The number of nitrogens with zero attached hydrogens (tertiary/aromatic N) is 2. The van der Waals surface area contributed by atoms with Crippen molar-refractivity contribution >= 4 is 17.6 Å². The van der Waals surface area contributed by atoms with Crippen molar-refractivity contribution in [2.75, 3.05) is 0 Å². The number of carbonyl (C=O) groups is 2. The Balaban J connectivity index is 1.80. The summed E-state index contributed by atoms with van der Waals surface area (Å²) in [4.78, 5) is 24.8. The summed E-state index contributed by atoms with van der Waals surface area (Å²) in [5.74, 6) is -1.95. The van der Waals surface area contributed by atoms with Gasteiger partial charge in [-0.15, -0.1) is 0 Å². The van der Waals surface area contributed by atoms with Crippen molar-refractivity contribution in [1.82, 2.24) is 5.01 Å². The Bertz CT molecular complexity index is 1110. The minimum Gasteiger partial charge on any atom is -0.545 e. The molecule has 0 bridgehead atoms. The van der Waals surface area contributed by atoms with Gasteiger partial charge in [-0.2, -0.15) is 5.10 Å². The van der Waals surface area contributed by atoms with Crippen LogP contribution in [0.5, 0.6) is 5.75 Å². The van der Waals surface area contributed by atoms with Crippen LogP contribution in [0.25, 0.3) is 0 Å². The number of hydrogen-bond acceptors (Lipinski definition) is 5. The quantitative estimate of drug-likeness (QED) is 0.747. The van der Waals surface area contributed by atoms with Crippen LogP contribution in [0.15, 0.2) is 84.0 Å². The summed E-state index contributed by atoms with van der Waals surface area (Å²) in [7, 11) is 0. The van der Waals surface area contributed by atoms with Gasteiger partial charge in [-0.3, -0.25) is 4.79 Å². The summed E-state index contributed by atoms with van der Waals surface area (Å²) in [5.41, 5.74) is 1.87. The first-order valence-corrected chi connectivity index (χ1v) is 9.11. The molecule has 0 radical (unpaired) electrons. The first-order valence-electron chi connectivity index (χ1n) is 9.11. The van der Waals surface area contributed by atoms with E-state index in [1.807, 2.05) is 30.3 Å². The van der Waals surface area contributed by atoms with Crippen LogP contribution in [0.4, 0.5) is 0 Å². The van der Waals surface area contributed by atoms with Crippen molar-refractivity contribution in [3.63, 3.8) is 0 Å². The first-order chi connectivity index (χ1) is 14.1. The molecular weight excluding hydrogens is 368 g/mol. The van der Waals surface area contributed by atoms with Gasteiger partial charge < -0.3 is 15.0 Å². The predicted molar refractivity (Wildman–Crippen MR) is 105 cm³/mol. The fraction of sp³-hybridized carbons (Fsp3) is 0.0870. The Hall–Kier alpha value is -3.93. The van der Waals surface area contributed by atoms with E-state index in [9.17, 15) is 19.8 Å². The van der Waals surface area contributed by atoms with E-state index in [1.165, 1.54) is 23.2 Å². The number of aromatic carboxylic acids is 1. The van der Waals surface area contributed by atoms with E-state index < -0.39 is 17.9 Å². The van der Waals surface area contributed by atoms with Gasteiger partial charge in [0, 0.05) is 17.5 Å². The highest BCUT2D eigenvalue weighted by Crippen LogP contribution is 2.38. The maximum absolute atomic E-state index is 13.3. The number of rotatable bonds is 4. The van der Waals surface area contributed by atoms with Crippen molar-refractivity contribution in [3.05, 3.63) is 101 Å². The van der Waals surface area contributed by atoms with E-state index in [2.05, 4.69) is 5.10 Å². The number of carboxylic acid groups (broad SMARTS) is 1. The predicted octanol–water partition coefficient (Wildman–Crippen LogP) is 2.75. The number of para-hydroxylation sites is 1. The topological polar surface area (TPSA) is 93.0 Å². The van der Waals surface area contributed by atoms with Gasteiger partial charge in [-0.1, -0.05) is 66.7 Å². The first kappa shape index (κ1) is 18.4. The third kappa shape index (κ3) is 3.48. The molecule has 3 aromatic carbocycles. The maximum atomic E-state index is 13.3. The standard InChI is InChI=1S/C23H18N2O4/c26-21-13-7-6-12-18(21)20-14-19(15-8-2-1-3-9-15)24-25(20)22(27)16-10-4-5-11-17(16)23(28)29/h1-13,20,26H,14H2,(H,28,29)/p-1/t20-/m1/s1. The van der Waals surface area contributed by atoms with Crippen LogP contribution in [-0.2, 0) is 0 Å². The normalized spacial score (nSPS) is 15.8. The molecular formula is C23H17N2O4-. The van der Waals surface area contributed by atoms with E-state index >= 15 is 0 Å². The van der Waals surface area contributed by atoms with Gasteiger partial charge in [-0.05, 0) is 17.7 Å². The number of hydrazone groups is 1. The van der Waals surface area contributed by atoms with E-state index in [1.54, 1.807) is 30.3 Å². The summed E-state index contributed by atoms with van der Waals surface area (Å²) in [6.07, 6.45) is 0.390. The fourth-order valence-corrected chi connectivity index (χ4v) is 3.49. The molecule has 1 aliphatic rings. The number of amides is 1. The summed E-state index contributed by atoms with van der Waals surface area (Å²) in [5, 5.41) is 27.6. The van der Waals surface area contributed by atoms with E-state index in [0.717, 1.165) is 5.56 Å². The molecule has 0 aromatic heterocycles. The SMILES string of the molecule is O=C([O-])c1ccccc1C(=O)N1N=C(c2ccccc2)C[C@@H]1c1ccccc1O. The lowest BCUT2D eigenvalue weighted by Gasteiger charge is -2.23. The van der Waals surface area contributed by atoms with Gasteiger partial charge in [0.05, 0.1) is 23.3 Å². The number of aromatic hydroxyl groups is 1. The molecule has 4 rings (SSSR count). The Morgan fingerprint density at radius 3 is 2.21 bits per heavy atom. The lowest BCUT2D eigenvalue weighted by Crippen LogP contribution is -2.31. The number of benzene rings is 3. The van der Waals surface area contributed by atoms with Crippen LogP contribution in [0.2, 0.25) is 0 Å². The molecule has 1 aliphatic heterocycles. The molecule has 29 heavy (non-hydrogen) atoms. The lowest BCUT2D eigenvalue weighted by atomic mass is 9.97. The molecule has 1 atom stereocenters. The van der Waals surface area contributed by atoms with E-state index in [4.69, 9.17) is 0 Å². The van der Waals surface area contributed by atoms with Crippen molar-refractivity contribution in [2.45, 2.75) is 12.5 Å². The third-order valence-electron chi connectivity index (χ3n) is 4.90. The molecule has 0 saturated heterocycles. The second kappa shape index (κ2) is 7.59. The van der Waals surface area contributed by atoms with Crippen LogP contribution in [0, 0.1) is 0 Å². The molecule has 6 nitrogen and oxygen atoms in total. The van der Waals surface area contributed by atoms with Gasteiger partial charge in [0.1, 0.15) is 5.75 Å². The lowest BCUT2D eigenvalue weighted by molar-refractivity contribution is -0.255. The van der Waals surface area contributed by atoms with Crippen molar-refractivity contribution < 1.29 is 19.8 Å². The van der Waals surface area contributed by atoms with Gasteiger partial charge in [0.15, 0.2) is 0 Å². The van der Waals surface area contributed by atoms with Gasteiger partial charge in [-0.25, -0.2) is 5.01 Å². The van der Waals surface area contributed by atoms with Crippen LogP contribution in [0.1, 0.15) is 44.3 Å². The van der Waals surface area contributed by atoms with Gasteiger partial charge in [0.25, 0.3) is 5.91 Å². The van der Waals surface area contributed by atoms with Crippen LogP contribution in [0.3, 0.4) is 0 Å². The summed E-state index contributed by atoms with van der Waals surface area (Å²) < 4.78 is 0. The highest BCUT2D eigenvalue weighted by atomic mass is 16.4. The summed E-state index contributed by atoms with van der Waals surface area (Å²) in [6.45, 7) is 0. The second-order valence-corrected chi connectivity index (χ2v) is 6.67. The van der Waals surface area contributed by atoms with Crippen LogP contribution < -0.4 is 5.11 Å². The molecule has 0 spiro atoms. The van der Waals surface area contributed by atoms with Gasteiger partial charge >= 0.3 is 0 Å². The minimum absolute atomic E-state index is 0.00835. The number of phenolic OH excluding ortho intramolecular Hbond substituents is 1. The van der Waals surface area contributed by atoms with Crippen molar-refractivity contribution in [1.29, 1.82) is 0 Å². The highest BCUT2D eigenvalue weighted by Gasteiger charge is 2.35. The third-order valence-corrected chi connectivity index (χ3v) is 4.90. The van der Waals surface area contributed by atoms with Crippen LogP contribution in [-0.4, -0.2) is 27.7 Å². The average Bonchev–Trinajstić information content (AvgIpc) is 3.19. The molecule has 6 heteroatoms. The molecule has 144 valence electrons. The average molecular weight is 385 g/mol. The Labute approximate surface area is 167 Å². The van der Waals surface area contributed by atoms with Crippen LogP contribution >= 0.6 is 0 Å². The highest BCUT2D eigenvalue weighted by molar-refractivity contribution is 6.08. The second-order valence-electron chi connectivity index (χ2n) is 6.67. The van der Waals surface area contributed by atoms with E-state index in [0.29, 0.717) is 17.7 Å². The number of hydrogen-bond donors (Lipinski definition) is 1. The number of carboxylic acids is 1. The monoisotopic (exact) mass is 385 g/mol. The molecule has 0 fully saturated rings. The molecule has 0 saturated carbocycles. The van der Waals surface area contributed by atoms with E-state index in [-0.39, 0.29) is 16.9 Å². The smallest absolute Gasteiger partial charge is 0.275 e. The van der Waals surface area contributed by atoms with Crippen molar-refractivity contribution in [3.8, 4) is 5.75 Å². The zero-order valence-corrected chi connectivity index (χ0v) is 15.4. The number of carbonyl (C=O) groups excluding carboxylic acids is 2. The Kier molecular flexibility index (Phi) is 4.83. The fourth-order valence-electron chi connectivity index (χ4n) is 3.49. The molecule has 1 N–H and O–H groups in total. The molecule has 0 unspecified atom stereocenters. The molecule has 1 heterocycles. The summed E-state index contributed by atoms with van der Waals surface area (Å²) in [6, 6.07) is 21.5. The molecule has 3 aromatic rings. The minimum atomic E-state index is -1.43. The summed E-state index contributed by atoms with van der Waals surface area (Å²) >= 11 is 0. The van der Waals surface area contributed by atoms with Gasteiger partial charge in [0.2, 0.25) is 0 Å². The zero-order valence-electron chi connectivity index (χ0n) is 15.4. The van der Waals surface area contributed by atoms with Crippen molar-refractivity contribution in [2.24, 2.45) is 5.10 Å². The molecule has 1 amide bonds. The largest absolute Gasteiger partial charge is 0.545 e.